The normalized spacial score (nSPS) is 11.2. The summed E-state index contributed by atoms with van der Waals surface area (Å²) in [5, 5.41) is 13.2. The lowest BCUT2D eigenvalue weighted by Gasteiger charge is -2.07. The Labute approximate surface area is 118 Å². The van der Waals surface area contributed by atoms with Crippen LogP contribution in [0.25, 0.3) is 16.9 Å². The van der Waals surface area contributed by atoms with Gasteiger partial charge in [-0.1, -0.05) is 0 Å². The molecule has 0 aliphatic heterocycles. The van der Waals surface area contributed by atoms with E-state index in [1.807, 2.05) is 0 Å². The maximum atomic E-state index is 13.7. The SMILES string of the molecule is O=c1[nH]c2nc(Cl)nn2c(O)c1-c1c(F)cc(F)cc1F. The van der Waals surface area contributed by atoms with Crippen LogP contribution < -0.4 is 5.56 Å². The monoisotopic (exact) mass is 316 g/mol. The summed E-state index contributed by atoms with van der Waals surface area (Å²) >= 11 is 5.52. The first-order chi connectivity index (χ1) is 9.88. The number of fused-ring (bicyclic) bond motifs is 1. The van der Waals surface area contributed by atoms with Crippen LogP contribution in [0.4, 0.5) is 13.2 Å². The van der Waals surface area contributed by atoms with E-state index in [4.69, 9.17) is 11.6 Å². The summed E-state index contributed by atoms with van der Waals surface area (Å²) in [7, 11) is 0. The van der Waals surface area contributed by atoms with Crippen LogP contribution in [0.5, 0.6) is 5.88 Å². The van der Waals surface area contributed by atoms with Crippen molar-refractivity contribution in [1.82, 2.24) is 19.6 Å². The quantitative estimate of drug-likeness (QED) is 0.718. The average Bonchev–Trinajstić information content (AvgIpc) is 2.73. The van der Waals surface area contributed by atoms with Crippen LogP contribution in [-0.4, -0.2) is 24.7 Å². The Morgan fingerprint density at radius 2 is 1.81 bits per heavy atom. The predicted octanol–water partition coefficient (Wildman–Crippen LogP) is 1.86. The summed E-state index contributed by atoms with van der Waals surface area (Å²) in [6.07, 6.45) is 0. The Bertz CT molecular complexity index is 914. The number of halogens is 4. The van der Waals surface area contributed by atoms with Gasteiger partial charge in [-0.2, -0.15) is 9.50 Å². The van der Waals surface area contributed by atoms with Crippen LogP contribution in [0.1, 0.15) is 0 Å². The van der Waals surface area contributed by atoms with Crippen LogP contribution in [-0.2, 0) is 0 Å². The van der Waals surface area contributed by atoms with Gasteiger partial charge in [-0.25, -0.2) is 13.2 Å². The molecule has 0 saturated carbocycles. The fraction of sp³-hybridized carbons (Fsp3) is 0. The molecule has 0 radical (unpaired) electrons. The van der Waals surface area contributed by atoms with E-state index in [9.17, 15) is 23.1 Å². The van der Waals surface area contributed by atoms with E-state index >= 15 is 0 Å². The maximum absolute atomic E-state index is 13.7. The highest BCUT2D eigenvalue weighted by Crippen LogP contribution is 2.30. The van der Waals surface area contributed by atoms with E-state index in [1.54, 1.807) is 0 Å². The standard InChI is InChI=1S/C11H4ClF3N4O2/c12-10-17-11-16-8(20)7(9(21)19(11)18-10)6-4(14)1-3(13)2-5(6)15/h1-2,21H,(H,16,17,18,20). The molecule has 2 aromatic heterocycles. The Balaban J connectivity index is 2.43. The molecule has 0 fully saturated rings. The van der Waals surface area contributed by atoms with Gasteiger partial charge in [0, 0.05) is 12.1 Å². The van der Waals surface area contributed by atoms with Crippen molar-refractivity contribution in [2.24, 2.45) is 0 Å². The smallest absolute Gasteiger partial charge is 0.264 e. The van der Waals surface area contributed by atoms with Gasteiger partial charge in [0.05, 0.1) is 5.56 Å². The molecule has 0 spiro atoms. The molecule has 0 atom stereocenters. The minimum Gasteiger partial charge on any atom is -0.493 e. The van der Waals surface area contributed by atoms with Crippen LogP contribution in [0, 0.1) is 17.5 Å². The van der Waals surface area contributed by atoms with Gasteiger partial charge in [0.1, 0.15) is 23.0 Å². The van der Waals surface area contributed by atoms with Crippen molar-refractivity contribution in [3.8, 4) is 17.0 Å². The highest BCUT2D eigenvalue weighted by atomic mass is 35.5. The third-order valence-electron chi connectivity index (χ3n) is 2.71. The van der Waals surface area contributed by atoms with Crippen LogP contribution in [0.3, 0.4) is 0 Å². The van der Waals surface area contributed by atoms with Crippen molar-refractivity contribution in [2.45, 2.75) is 0 Å². The summed E-state index contributed by atoms with van der Waals surface area (Å²) in [6.45, 7) is 0. The number of hydrogen-bond donors (Lipinski definition) is 2. The molecule has 0 saturated heterocycles. The summed E-state index contributed by atoms with van der Waals surface area (Å²) < 4.78 is 41.1. The number of hydrogen-bond acceptors (Lipinski definition) is 4. The Morgan fingerprint density at radius 1 is 1.19 bits per heavy atom. The number of rotatable bonds is 1. The van der Waals surface area contributed by atoms with Crippen molar-refractivity contribution in [1.29, 1.82) is 0 Å². The molecule has 0 amide bonds. The third kappa shape index (κ3) is 2.02. The van der Waals surface area contributed by atoms with Gasteiger partial charge in [-0.15, -0.1) is 5.10 Å². The predicted molar refractivity (Wildman–Crippen MR) is 65.6 cm³/mol. The molecule has 0 aliphatic carbocycles. The topological polar surface area (TPSA) is 83.3 Å². The fourth-order valence-corrected chi connectivity index (χ4v) is 2.05. The van der Waals surface area contributed by atoms with Crippen molar-refractivity contribution >= 4 is 17.4 Å². The molecular formula is C11H4ClF3N4O2. The molecule has 2 N–H and O–H groups in total. The largest absolute Gasteiger partial charge is 0.493 e. The molecule has 0 bridgehead atoms. The number of aromatic amines is 1. The summed E-state index contributed by atoms with van der Waals surface area (Å²) in [5.41, 5.74) is -2.67. The third-order valence-corrected chi connectivity index (χ3v) is 2.87. The minimum atomic E-state index is -1.35. The molecular weight excluding hydrogens is 313 g/mol. The van der Waals surface area contributed by atoms with E-state index in [0.717, 1.165) is 0 Å². The zero-order valence-corrected chi connectivity index (χ0v) is 10.6. The maximum Gasteiger partial charge on any atom is 0.264 e. The van der Waals surface area contributed by atoms with Gasteiger partial charge in [0.2, 0.25) is 16.9 Å². The Morgan fingerprint density at radius 3 is 2.43 bits per heavy atom. The summed E-state index contributed by atoms with van der Waals surface area (Å²) in [6, 6.07) is 0.769. The number of nitrogens with one attached hydrogen (secondary N) is 1. The fourth-order valence-electron chi connectivity index (χ4n) is 1.89. The molecule has 108 valence electrons. The van der Waals surface area contributed by atoms with Crippen molar-refractivity contribution in [2.75, 3.05) is 0 Å². The lowest BCUT2D eigenvalue weighted by Crippen LogP contribution is -2.14. The second-order valence-corrected chi connectivity index (χ2v) is 4.35. The zero-order valence-electron chi connectivity index (χ0n) is 9.86. The number of nitrogens with zero attached hydrogens (tertiary/aromatic N) is 3. The molecule has 0 unspecified atom stereocenters. The van der Waals surface area contributed by atoms with Gasteiger partial charge >= 0.3 is 0 Å². The molecule has 2 heterocycles. The summed E-state index contributed by atoms with van der Waals surface area (Å²) in [4.78, 5) is 17.6. The highest BCUT2D eigenvalue weighted by Gasteiger charge is 2.23. The van der Waals surface area contributed by atoms with Crippen molar-refractivity contribution < 1.29 is 18.3 Å². The Hall–Kier alpha value is -2.55. The number of benzene rings is 1. The average molecular weight is 317 g/mol. The molecule has 10 heteroatoms. The van der Waals surface area contributed by atoms with E-state index < -0.39 is 40.0 Å². The highest BCUT2D eigenvalue weighted by molar-refractivity contribution is 6.28. The second-order valence-electron chi connectivity index (χ2n) is 4.01. The molecule has 3 rings (SSSR count). The molecule has 6 nitrogen and oxygen atoms in total. The molecule has 1 aromatic carbocycles. The zero-order chi connectivity index (χ0) is 15.3. The van der Waals surface area contributed by atoms with Crippen LogP contribution in [0.2, 0.25) is 5.28 Å². The van der Waals surface area contributed by atoms with Gasteiger partial charge in [0.15, 0.2) is 0 Å². The van der Waals surface area contributed by atoms with E-state index in [-0.39, 0.29) is 11.1 Å². The molecule has 0 aliphatic rings. The first-order valence-electron chi connectivity index (χ1n) is 5.41. The molecule has 3 aromatic rings. The first-order valence-corrected chi connectivity index (χ1v) is 5.78. The first kappa shape index (κ1) is 13.4. The van der Waals surface area contributed by atoms with Crippen LogP contribution in [0.15, 0.2) is 16.9 Å². The van der Waals surface area contributed by atoms with Crippen molar-refractivity contribution in [3.63, 3.8) is 0 Å². The van der Waals surface area contributed by atoms with Gasteiger partial charge < -0.3 is 5.11 Å². The van der Waals surface area contributed by atoms with Gasteiger partial charge in [0.25, 0.3) is 5.56 Å². The number of H-pyrrole nitrogens is 1. The van der Waals surface area contributed by atoms with Crippen LogP contribution >= 0.6 is 11.6 Å². The lowest BCUT2D eigenvalue weighted by molar-refractivity contribution is 0.435. The Kier molecular flexibility index (Phi) is 2.87. The van der Waals surface area contributed by atoms with Crippen molar-refractivity contribution in [3.05, 3.63) is 45.2 Å². The second kappa shape index (κ2) is 4.48. The van der Waals surface area contributed by atoms with Gasteiger partial charge in [-0.3, -0.25) is 9.78 Å². The summed E-state index contributed by atoms with van der Waals surface area (Å²) in [5.74, 6) is -4.95. The molecule has 21 heavy (non-hydrogen) atoms. The van der Waals surface area contributed by atoms with Gasteiger partial charge in [-0.05, 0) is 11.6 Å². The minimum absolute atomic E-state index is 0.214. The number of aromatic hydroxyl groups is 1. The van der Waals surface area contributed by atoms with E-state index in [0.29, 0.717) is 16.6 Å². The van der Waals surface area contributed by atoms with E-state index in [1.165, 1.54) is 0 Å². The lowest BCUT2D eigenvalue weighted by atomic mass is 10.1. The van der Waals surface area contributed by atoms with E-state index in [2.05, 4.69) is 15.1 Å². The number of aromatic nitrogens is 4.